The van der Waals surface area contributed by atoms with Gasteiger partial charge in [-0.1, -0.05) is 0 Å². The van der Waals surface area contributed by atoms with Crippen LogP contribution in [0.4, 0.5) is 0 Å². The van der Waals surface area contributed by atoms with E-state index in [0.29, 0.717) is 31.2 Å². The van der Waals surface area contributed by atoms with E-state index < -0.39 is 0 Å². The van der Waals surface area contributed by atoms with Crippen LogP contribution in [-0.4, -0.2) is 60.9 Å². The van der Waals surface area contributed by atoms with Crippen molar-refractivity contribution in [1.29, 1.82) is 0 Å². The molecule has 132 valence electrons. The first-order valence-electron chi connectivity index (χ1n) is 8.93. The van der Waals surface area contributed by atoms with E-state index in [0.717, 1.165) is 44.8 Å². The average Bonchev–Trinajstić information content (AvgIpc) is 3.12. The standard InChI is InChI=1S/C18H27N3O3/c1-19-9-11-21-16-8-10-20(13-14(16)4-6-18(21)23)17(22)7-5-15-3-2-12-24-15/h2-3,12,14,16,19H,4-11,13H2,1H3/t14-,16+/m0/s1. The summed E-state index contributed by atoms with van der Waals surface area (Å²) < 4.78 is 5.30. The summed E-state index contributed by atoms with van der Waals surface area (Å²) in [6.07, 6.45) is 5.20. The number of carbonyl (C=O) groups excluding carboxylic acids is 2. The van der Waals surface area contributed by atoms with E-state index in [1.165, 1.54) is 0 Å². The van der Waals surface area contributed by atoms with Crippen LogP contribution in [0.5, 0.6) is 0 Å². The molecule has 0 unspecified atom stereocenters. The number of aryl methyl sites for hydroxylation is 1. The Morgan fingerprint density at radius 1 is 1.42 bits per heavy atom. The van der Waals surface area contributed by atoms with Crippen LogP contribution in [0.15, 0.2) is 22.8 Å². The van der Waals surface area contributed by atoms with Gasteiger partial charge in [-0.2, -0.15) is 0 Å². The van der Waals surface area contributed by atoms with Crippen LogP contribution in [0, 0.1) is 5.92 Å². The SMILES string of the molecule is CNCCN1C(=O)CC[C@H]2CN(C(=O)CCc3ccco3)CC[C@H]21. The summed E-state index contributed by atoms with van der Waals surface area (Å²) >= 11 is 0. The summed E-state index contributed by atoms with van der Waals surface area (Å²) in [5.41, 5.74) is 0. The second-order valence-electron chi connectivity index (χ2n) is 6.76. The van der Waals surface area contributed by atoms with Crippen molar-refractivity contribution in [2.24, 2.45) is 5.92 Å². The molecule has 3 rings (SSSR count). The number of piperidine rings is 2. The van der Waals surface area contributed by atoms with Crippen molar-refractivity contribution in [2.45, 2.75) is 38.1 Å². The Hall–Kier alpha value is -1.82. The van der Waals surface area contributed by atoms with Gasteiger partial charge in [0.05, 0.1) is 6.26 Å². The number of rotatable bonds is 6. The first kappa shape index (κ1) is 17.0. The van der Waals surface area contributed by atoms with Crippen LogP contribution in [-0.2, 0) is 16.0 Å². The Labute approximate surface area is 143 Å². The fraction of sp³-hybridized carbons (Fsp3) is 0.667. The van der Waals surface area contributed by atoms with Gasteiger partial charge in [-0.25, -0.2) is 0 Å². The molecular formula is C18H27N3O3. The lowest BCUT2D eigenvalue weighted by Crippen LogP contribution is -2.57. The van der Waals surface area contributed by atoms with Gasteiger partial charge in [0.2, 0.25) is 11.8 Å². The molecule has 2 aliphatic heterocycles. The number of fused-ring (bicyclic) bond motifs is 1. The van der Waals surface area contributed by atoms with Crippen LogP contribution in [0.2, 0.25) is 0 Å². The molecule has 6 heteroatoms. The molecule has 1 aromatic rings. The highest BCUT2D eigenvalue weighted by molar-refractivity contribution is 5.78. The first-order valence-corrected chi connectivity index (χ1v) is 8.93. The number of carbonyl (C=O) groups is 2. The van der Waals surface area contributed by atoms with Crippen LogP contribution in [0.3, 0.4) is 0 Å². The van der Waals surface area contributed by atoms with E-state index in [2.05, 4.69) is 5.32 Å². The maximum Gasteiger partial charge on any atom is 0.223 e. The number of hydrogen-bond acceptors (Lipinski definition) is 4. The summed E-state index contributed by atoms with van der Waals surface area (Å²) in [7, 11) is 1.91. The Morgan fingerprint density at radius 2 is 2.29 bits per heavy atom. The van der Waals surface area contributed by atoms with E-state index in [9.17, 15) is 9.59 Å². The van der Waals surface area contributed by atoms with Crippen molar-refractivity contribution in [2.75, 3.05) is 33.2 Å². The summed E-state index contributed by atoms with van der Waals surface area (Å²) in [6, 6.07) is 4.06. The molecule has 2 amide bonds. The molecule has 3 heterocycles. The van der Waals surface area contributed by atoms with Crippen LogP contribution >= 0.6 is 0 Å². The van der Waals surface area contributed by atoms with Crippen molar-refractivity contribution < 1.29 is 14.0 Å². The molecule has 2 aliphatic rings. The maximum absolute atomic E-state index is 12.5. The topological polar surface area (TPSA) is 65.8 Å². The second kappa shape index (κ2) is 7.83. The number of hydrogen-bond donors (Lipinski definition) is 1. The second-order valence-corrected chi connectivity index (χ2v) is 6.76. The normalized spacial score (nSPS) is 24.1. The molecule has 0 aliphatic carbocycles. The van der Waals surface area contributed by atoms with Crippen molar-refractivity contribution >= 4 is 11.8 Å². The van der Waals surface area contributed by atoms with Gasteiger partial charge >= 0.3 is 0 Å². The lowest BCUT2D eigenvalue weighted by Gasteiger charge is -2.47. The van der Waals surface area contributed by atoms with Crippen molar-refractivity contribution in [1.82, 2.24) is 15.1 Å². The van der Waals surface area contributed by atoms with Crippen molar-refractivity contribution in [3.63, 3.8) is 0 Å². The number of nitrogens with zero attached hydrogens (tertiary/aromatic N) is 2. The average molecular weight is 333 g/mol. The van der Waals surface area contributed by atoms with Gasteiger partial charge in [-0.05, 0) is 37.9 Å². The fourth-order valence-electron chi connectivity index (χ4n) is 3.94. The molecule has 0 radical (unpaired) electrons. The van der Waals surface area contributed by atoms with E-state index in [1.807, 2.05) is 29.0 Å². The minimum Gasteiger partial charge on any atom is -0.469 e. The van der Waals surface area contributed by atoms with E-state index in [1.54, 1.807) is 6.26 Å². The molecule has 24 heavy (non-hydrogen) atoms. The predicted molar refractivity (Wildman–Crippen MR) is 90.4 cm³/mol. The van der Waals surface area contributed by atoms with Gasteiger partial charge in [-0.15, -0.1) is 0 Å². The molecule has 0 saturated carbocycles. The fourth-order valence-corrected chi connectivity index (χ4v) is 3.94. The Bertz CT molecular complexity index is 558. The molecule has 1 N–H and O–H groups in total. The van der Waals surface area contributed by atoms with Gasteiger partial charge in [0.25, 0.3) is 0 Å². The molecule has 2 fully saturated rings. The minimum absolute atomic E-state index is 0.198. The smallest absolute Gasteiger partial charge is 0.223 e. The molecular weight excluding hydrogens is 306 g/mol. The maximum atomic E-state index is 12.5. The molecule has 1 aromatic heterocycles. The monoisotopic (exact) mass is 333 g/mol. The van der Waals surface area contributed by atoms with Gasteiger partial charge < -0.3 is 19.5 Å². The van der Waals surface area contributed by atoms with Crippen molar-refractivity contribution in [3.05, 3.63) is 24.2 Å². The highest BCUT2D eigenvalue weighted by atomic mass is 16.3. The van der Waals surface area contributed by atoms with Gasteiger partial charge in [0, 0.05) is 51.5 Å². The first-order chi connectivity index (χ1) is 11.7. The number of amides is 2. The van der Waals surface area contributed by atoms with Crippen LogP contribution < -0.4 is 5.32 Å². The van der Waals surface area contributed by atoms with E-state index >= 15 is 0 Å². The zero-order chi connectivity index (χ0) is 16.9. The zero-order valence-corrected chi connectivity index (χ0v) is 14.4. The number of furan rings is 1. The molecule has 0 bridgehead atoms. The molecule has 2 saturated heterocycles. The van der Waals surface area contributed by atoms with Gasteiger partial charge in [0.1, 0.15) is 5.76 Å². The molecule has 0 aromatic carbocycles. The van der Waals surface area contributed by atoms with E-state index in [4.69, 9.17) is 4.42 Å². The lowest BCUT2D eigenvalue weighted by molar-refractivity contribution is -0.144. The number of likely N-dealkylation sites (tertiary alicyclic amines) is 2. The third-order valence-corrected chi connectivity index (χ3v) is 5.26. The van der Waals surface area contributed by atoms with E-state index in [-0.39, 0.29) is 11.8 Å². The lowest BCUT2D eigenvalue weighted by atomic mass is 9.83. The van der Waals surface area contributed by atoms with Gasteiger partial charge in [0.15, 0.2) is 0 Å². The number of nitrogens with one attached hydrogen (secondary N) is 1. The Morgan fingerprint density at radius 3 is 3.04 bits per heavy atom. The van der Waals surface area contributed by atoms with Crippen LogP contribution in [0.25, 0.3) is 0 Å². The summed E-state index contributed by atoms with van der Waals surface area (Å²) in [5, 5.41) is 3.12. The largest absolute Gasteiger partial charge is 0.469 e. The minimum atomic E-state index is 0.198. The van der Waals surface area contributed by atoms with Gasteiger partial charge in [-0.3, -0.25) is 9.59 Å². The highest BCUT2D eigenvalue weighted by Crippen LogP contribution is 2.31. The quantitative estimate of drug-likeness (QED) is 0.851. The molecule has 0 spiro atoms. The summed E-state index contributed by atoms with van der Waals surface area (Å²) in [5.74, 6) is 1.74. The predicted octanol–water partition coefficient (Wildman–Crippen LogP) is 1.27. The number of likely N-dealkylation sites (N-methyl/N-ethyl adjacent to an activating group) is 1. The highest BCUT2D eigenvalue weighted by Gasteiger charge is 2.39. The van der Waals surface area contributed by atoms with Crippen LogP contribution in [0.1, 0.15) is 31.4 Å². The molecule has 6 nitrogen and oxygen atoms in total. The zero-order valence-electron chi connectivity index (χ0n) is 14.4. The third kappa shape index (κ3) is 3.80. The Balaban J connectivity index is 1.54. The summed E-state index contributed by atoms with van der Waals surface area (Å²) in [6.45, 7) is 3.12. The van der Waals surface area contributed by atoms with Crippen molar-refractivity contribution in [3.8, 4) is 0 Å². The molecule has 2 atom stereocenters. The Kier molecular flexibility index (Phi) is 5.56. The third-order valence-electron chi connectivity index (χ3n) is 5.26. The summed E-state index contributed by atoms with van der Waals surface area (Å²) in [4.78, 5) is 28.7.